The molecule has 10 aromatic rings. The van der Waals surface area contributed by atoms with Crippen molar-refractivity contribution in [1.82, 2.24) is 9.97 Å². The van der Waals surface area contributed by atoms with E-state index in [1.165, 1.54) is 122 Å². The summed E-state index contributed by atoms with van der Waals surface area (Å²) in [7, 11) is 0. The summed E-state index contributed by atoms with van der Waals surface area (Å²) in [5, 5.41) is 2.18. The number of hydrogen-bond acceptors (Lipinski definition) is 3. The summed E-state index contributed by atoms with van der Waals surface area (Å²) in [4.78, 5) is 9.82. The molecule has 345 valence electrons. The Hall–Kier alpha value is -6.29. The zero-order valence-corrected chi connectivity index (χ0v) is 43.5. The van der Waals surface area contributed by atoms with Gasteiger partial charge in [-0.1, -0.05) is 180 Å². The molecule has 4 heteroatoms. The molecule has 0 unspecified atom stereocenters. The van der Waals surface area contributed by atoms with Gasteiger partial charge in [0.15, 0.2) is 0 Å². The van der Waals surface area contributed by atoms with Crippen LogP contribution in [0.1, 0.15) is 87.1 Å². The number of fused-ring (bicyclic) bond motifs is 5. The van der Waals surface area contributed by atoms with Crippen LogP contribution in [0.25, 0.3) is 87.5 Å². The first-order valence-corrected chi connectivity index (χ1v) is 25.3. The third kappa shape index (κ3) is 10.2. The van der Waals surface area contributed by atoms with E-state index >= 15 is 0 Å². The van der Waals surface area contributed by atoms with E-state index < -0.39 is 0 Å². The van der Waals surface area contributed by atoms with E-state index in [-0.39, 0.29) is 25.5 Å². The Morgan fingerprint density at radius 2 is 1.26 bits per heavy atom. The number of unbranched alkanes of at least 4 members (excludes halogenated alkanes) is 5. The van der Waals surface area contributed by atoms with Crippen LogP contribution in [0.5, 0.6) is 0 Å². The first-order valence-electron chi connectivity index (χ1n) is 24.4. The van der Waals surface area contributed by atoms with Gasteiger partial charge in [0, 0.05) is 29.8 Å². The molecule has 0 amide bonds. The van der Waals surface area contributed by atoms with Crippen molar-refractivity contribution >= 4 is 32.5 Å². The van der Waals surface area contributed by atoms with Crippen molar-refractivity contribution in [3.05, 3.63) is 216 Å². The summed E-state index contributed by atoms with van der Waals surface area (Å²) in [6.45, 7) is 11.4. The molecule has 1 aliphatic rings. The molecule has 2 aromatic heterocycles. The number of hydrogen-bond donors (Lipinski definition) is 0. The van der Waals surface area contributed by atoms with Crippen molar-refractivity contribution in [3.63, 3.8) is 0 Å². The van der Waals surface area contributed by atoms with Gasteiger partial charge >= 0.3 is 0 Å². The molecule has 0 spiro atoms. The van der Waals surface area contributed by atoms with Crippen molar-refractivity contribution in [2.75, 3.05) is 0 Å². The molecule has 2 nitrogen and oxygen atoms in total. The fourth-order valence-electron chi connectivity index (χ4n) is 10.2. The Labute approximate surface area is 426 Å². The Kier molecular flexibility index (Phi) is 14.6. The molecule has 1 radical (unpaired) electrons. The molecule has 0 aliphatic heterocycles. The van der Waals surface area contributed by atoms with Crippen LogP contribution in [0.4, 0.5) is 0 Å². The van der Waals surface area contributed by atoms with Crippen LogP contribution in [0.15, 0.2) is 176 Å². The van der Waals surface area contributed by atoms with Crippen molar-refractivity contribution in [2.45, 2.75) is 85.0 Å². The normalized spacial score (nSPS) is 12.2. The van der Waals surface area contributed by atoms with Gasteiger partial charge in [-0.2, -0.15) is 11.3 Å². The van der Waals surface area contributed by atoms with E-state index in [9.17, 15) is 0 Å². The van der Waals surface area contributed by atoms with Crippen LogP contribution in [0.2, 0.25) is 0 Å². The van der Waals surface area contributed by atoms with Crippen LogP contribution in [-0.4, -0.2) is 9.97 Å². The van der Waals surface area contributed by atoms with E-state index in [2.05, 4.69) is 198 Å². The average molecular weight is 1090 g/mol. The number of benzene rings is 8. The molecule has 0 saturated carbocycles. The molecule has 11 rings (SSSR count). The fourth-order valence-corrected chi connectivity index (χ4v) is 11.2. The number of aromatic nitrogens is 2. The number of thiazole rings is 1. The maximum atomic E-state index is 5.11. The maximum absolute atomic E-state index is 5.11. The molecule has 69 heavy (non-hydrogen) atoms. The largest absolute Gasteiger partial charge is 0.296 e. The molecule has 8 aromatic carbocycles. The van der Waals surface area contributed by atoms with Crippen molar-refractivity contribution in [3.8, 4) is 66.3 Å². The number of rotatable bonds is 12. The van der Waals surface area contributed by atoms with Crippen molar-refractivity contribution < 1.29 is 20.1 Å². The molecule has 0 saturated heterocycles. The van der Waals surface area contributed by atoms with Crippen LogP contribution in [0, 0.1) is 26.0 Å². The molecule has 0 N–H and O–H groups in total. The second-order valence-electron chi connectivity index (χ2n) is 19.0. The summed E-state index contributed by atoms with van der Waals surface area (Å²) in [5.74, 6) is 0. The van der Waals surface area contributed by atoms with Crippen LogP contribution >= 0.6 is 11.3 Å². The van der Waals surface area contributed by atoms with Crippen LogP contribution < -0.4 is 0 Å². The number of aryl methyl sites for hydroxylation is 3. The van der Waals surface area contributed by atoms with E-state index in [4.69, 9.17) is 9.97 Å². The Morgan fingerprint density at radius 1 is 0.522 bits per heavy atom. The van der Waals surface area contributed by atoms with E-state index in [0.29, 0.717) is 0 Å². The third-order valence-electron chi connectivity index (χ3n) is 13.8. The van der Waals surface area contributed by atoms with Gasteiger partial charge < -0.3 is 0 Å². The zero-order valence-electron chi connectivity index (χ0n) is 40.3. The van der Waals surface area contributed by atoms with Gasteiger partial charge in [-0.05, 0) is 123 Å². The van der Waals surface area contributed by atoms with Gasteiger partial charge in [0.1, 0.15) is 0 Å². The molecular weight excluding hydrogens is 1030 g/mol. The minimum Gasteiger partial charge on any atom is -0.296 e. The fraction of sp³-hybridized carbons (Fsp3) is 0.200. The van der Waals surface area contributed by atoms with Crippen molar-refractivity contribution in [2.24, 2.45) is 0 Å². The summed E-state index contributed by atoms with van der Waals surface area (Å²) in [6.07, 6.45) is 9.19. The van der Waals surface area contributed by atoms with Gasteiger partial charge in [-0.15, -0.1) is 64.7 Å². The van der Waals surface area contributed by atoms with E-state index in [1.54, 1.807) is 11.3 Å². The number of pyridine rings is 1. The Morgan fingerprint density at radius 3 is 2.09 bits per heavy atom. The van der Waals surface area contributed by atoms with Gasteiger partial charge in [-0.3, -0.25) is 9.97 Å². The minimum atomic E-state index is -0.0140. The molecule has 2 heterocycles. The Balaban J connectivity index is 0.000000224. The van der Waals surface area contributed by atoms with E-state index in [1.807, 2.05) is 24.3 Å². The summed E-state index contributed by atoms with van der Waals surface area (Å²) in [5.41, 5.74) is 22.1. The monoisotopic (exact) mass is 1090 g/mol. The topological polar surface area (TPSA) is 25.8 Å². The smallest absolute Gasteiger partial charge is 0.0697 e. The molecular formula is C65H58IrN2S-2. The van der Waals surface area contributed by atoms with Crippen molar-refractivity contribution in [1.29, 1.82) is 0 Å². The predicted molar refractivity (Wildman–Crippen MR) is 290 cm³/mol. The number of nitrogens with zero attached hydrogens (tertiary/aromatic N) is 2. The zero-order chi connectivity index (χ0) is 46.6. The average Bonchev–Trinajstić information content (AvgIpc) is 3.91. The summed E-state index contributed by atoms with van der Waals surface area (Å²) >= 11 is 1.71. The SMILES string of the molecule is CCCCCCCCc1cccc(-c2cc(C)c(-c3ccc4nc(-c5[c-]cc6c(c5)-c5ccccc5C6(C)C)ccc4c3)c(C)c2)c1.[Ir].[c-]1ccc(-c2ccccc2)cc1-c1nc2ccccc2s1. The molecule has 0 fully saturated rings. The third-order valence-corrected chi connectivity index (χ3v) is 14.9. The summed E-state index contributed by atoms with van der Waals surface area (Å²) < 4.78 is 1.21. The molecule has 0 bridgehead atoms. The second kappa shape index (κ2) is 21.1. The standard InChI is InChI=1S/C46H46N.C19H12NS.Ir/c1-6-7-8-9-10-11-15-33-16-14-17-34(28-33)38-26-31(2)45(32(3)27-38)37-22-25-43-35(29-37)21-24-44(47-43)36-20-23-42-40(30-36)39-18-12-13-19-41(39)46(42,4)5;1-2-7-14(8-3-1)15-9-6-10-16(13-15)19-20-17-11-4-5-12-18(17)21-19;/h12-14,16-19,21-30H,6-11,15H2,1-5H3;1-9,11-13H;/q2*-1;. The predicted octanol–water partition coefficient (Wildman–Crippen LogP) is 18.3. The number of para-hydroxylation sites is 1. The molecule has 0 atom stereocenters. The van der Waals surface area contributed by atoms with Gasteiger partial charge in [0.2, 0.25) is 0 Å². The first kappa shape index (κ1) is 47.8. The summed E-state index contributed by atoms with van der Waals surface area (Å²) in [6, 6.07) is 70.0. The second-order valence-corrected chi connectivity index (χ2v) is 20.0. The van der Waals surface area contributed by atoms with Gasteiger partial charge in [-0.25, -0.2) is 0 Å². The molecule has 1 aliphatic carbocycles. The maximum Gasteiger partial charge on any atom is 0.0697 e. The Bertz CT molecular complexity index is 3340. The van der Waals surface area contributed by atoms with Crippen LogP contribution in [0.3, 0.4) is 0 Å². The minimum absolute atomic E-state index is 0. The van der Waals surface area contributed by atoms with E-state index in [0.717, 1.165) is 38.2 Å². The van der Waals surface area contributed by atoms with Crippen LogP contribution in [-0.2, 0) is 31.9 Å². The van der Waals surface area contributed by atoms with Gasteiger partial charge in [0.05, 0.1) is 11.0 Å². The quantitative estimate of drug-likeness (QED) is 0.0900. The first-order chi connectivity index (χ1) is 33.2. The van der Waals surface area contributed by atoms with Gasteiger partial charge in [0.25, 0.3) is 0 Å².